The van der Waals surface area contributed by atoms with E-state index in [4.69, 9.17) is 0 Å². The predicted octanol–water partition coefficient (Wildman–Crippen LogP) is 0.868. The van der Waals surface area contributed by atoms with Crippen molar-refractivity contribution >= 4 is 11.1 Å². The van der Waals surface area contributed by atoms with Crippen LogP contribution in [-0.2, 0) is 11.1 Å². The van der Waals surface area contributed by atoms with Gasteiger partial charge in [0.15, 0.2) is 0 Å². The monoisotopic (exact) mass is 143 g/mol. The molecule has 0 bridgehead atoms. The predicted molar refractivity (Wildman–Crippen MR) is 24.2 cm³/mol. The lowest BCUT2D eigenvalue weighted by atomic mass is 10.5. The van der Waals surface area contributed by atoms with Crippen LogP contribution in [-0.4, -0.2) is 14.0 Å². The molecule has 0 heterocycles. The fraction of sp³-hybridized carbons (Fsp3) is 1.00. The van der Waals surface area contributed by atoms with Crippen LogP contribution in [0.5, 0.6) is 0 Å². The summed E-state index contributed by atoms with van der Waals surface area (Å²) in [5, 5.41) is -3.54. The zero-order valence-corrected chi connectivity index (χ0v) is 5.00. The van der Waals surface area contributed by atoms with E-state index in [1.165, 1.54) is 0 Å². The molecular weight excluding hydrogens is 138 g/mol. The Kier molecular flexibility index (Phi) is 2.49. The van der Waals surface area contributed by atoms with Crippen molar-refractivity contribution in [3.8, 4) is 0 Å². The van der Waals surface area contributed by atoms with Gasteiger partial charge in [-0.3, -0.25) is 4.21 Å². The average molecular weight is 143 g/mol. The highest BCUT2D eigenvalue weighted by molar-refractivity contribution is 7.80. The van der Waals surface area contributed by atoms with Gasteiger partial charge < -0.3 is 4.55 Å². The van der Waals surface area contributed by atoms with Crippen molar-refractivity contribution in [2.45, 2.75) is 18.6 Å². The van der Waals surface area contributed by atoms with E-state index in [0.29, 0.717) is 0 Å². The molecule has 0 radical (unpaired) electrons. The van der Waals surface area contributed by atoms with Crippen molar-refractivity contribution in [3.63, 3.8) is 0 Å². The molecule has 50 valence electrons. The molecule has 0 aliphatic heterocycles. The molecule has 0 N–H and O–H groups in total. The Morgan fingerprint density at radius 1 is 1.75 bits per heavy atom. The third kappa shape index (κ3) is 1.83. The van der Waals surface area contributed by atoms with Gasteiger partial charge in [0.2, 0.25) is 0 Å². The number of hydrogen-bond acceptors (Lipinski definition) is 2. The van der Waals surface area contributed by atoms with E-state index in [9.17, 15) is 17.5 Å². The molecule has 0 aliphatic carbocycles. The second kappa shape index (κ2) is 2.50. The van der Waals surface area contributed by atoms with Crippen molar-refractivity contribution in [1.82, 2.24) is 0 Å². The van der Waals surface area contributed by atoms with Crippen LogP contribution in [0.25, 0.3) is 0 Å². The van der Waals surface area contributed by atoms with E-state index in [1.807, 2.05) is 0 Å². The van der Waals surface area contributed by atoms with Gasteiger partial charge in [0.05, 0.1) is 0 Å². The minimum atomic E-state index is -3.54. The van der Waals surface area contributed by atoms with Gasteiger partial charge in [0.25, 0.3) is 0 Å². The highest BCUT2D eigenvalue weighted by atomic mass is 32.2. The van der Waals surface area contributed by atoms with Crippen LogP contribution in [0.1, 0.15) is 13.3 Å². The number of hydrogen-bond donors (Lipinski definition) is 0. The summed E-state index contributed by atoms with van der Waals surface area (Å²) in [6.07, 6.45) is -0.664. The summed E-state index contributed by atoms with van der Waals surface area (Å²) in [5.41, 5.74) is 0. The van der Waals surface area contributed by atoms with Crippen molar-refractivity contribution in [2.24, 2.45) is 0 Å². The highest BCUT2D eigenvalue weighted by Crippen LogP contribution is 2.19. The molecule has 8 heavy (non-hydrogen) atoms. The standard InChI is InChI=1S/C3H6F2O2S/c1-2-3(4,5)8(6)7/h2H2,1H3,(H,6,7)/p-1. The summed E-state index contributed by atoms with van der Waals surface area (Å²) in [5.74, 6) is 0. The van der Waals surface area contributed by atoms with Gasteiger partial charge in [0.1, 0.15) is 0 Å². The molecule has 1 atom stereocenters. The zero-order valence-electron chi connectivity index (χ0n) is 4.19. The Balaban J connectivity index is 3.91. The first kappa shape index (κ1) is 7.97. The smallest absolute Gasteiger partial charge is 0.308 e. The highest BCUT2D eigenvalue weighted by Gasteiger charge is 2.26. The van der Waals surface area contributed by atoms with E-state index >= 15 is 0 Å². The SMILES string of the molecule is CCC(F)(F)S(=O)[O-]. The van der Waals surface area contributed by atoms with Gasteiger partial charge in [-0.2, -0.15) is 8.78 Å². The van der Waals surface area contributed by atoms with E-state index in [-0.39, 0.29) is 0 Å². The van der Waals surface area contributed by atoms with Gasteiger partial charge in [-0.15, -0.1) is 0 Å². The maximum Gasteiger partial charge on any atom is 0.308 e. The van der Waals surface area contributed by atoms with Crippen LogP contribution in [0, 0.1) is 0 Å². The van der Waals surface area contributed by atoms with Crippen LogP contribution in [0.2, 0.25) is 0 Å². The number of rotatable bonds is 2. The maximum atomic E-state index is 11.7. The number of halogens is 2. The average Bonchev–Trinajstić information content (AvgIpc) is 1.67. The Labute approximate surface area is 48.2 Å². The van der Waals surface area contributed by atoms with Crippen molar-refractivity contribution in [1.29, 1.82) is 0 Å². The Hall–Kier alpha value is -0.0300. The molecule has 0 aliphatic rings. The third-order valence-electron chi connectivity index (χ3n) is 0.655. The number of alkyl halides is 2. The van der Waals surface area contributed by atoms with E-state index in [1.54, 1.807) is 0 Å². The largest absolute Gasteiger partial charge is 0.768 e. The maximum absolute atomic E-state index is 11.7. The van der Waals surface area contributed by atoms with Gasteiger partial charge in [-0.1, -0.05) is 6.92 Å². The second-order valence-corrected chi connectivity index (χ2v) is 2.29. The molecule has 0 aromatic rings. The summed E-state index contributed by atoms with van der Waals surface area (Å²) in [7, 11) is 0. The Morgan fingerprint density at radius 3 is 2.12 bits per heavy atom. The first-order valence-electron chi connectivity index (χ1n) is 1.98. The van der Waals surface area contributed by atoms with Gasteiger partial charge in [-0.25, -0.2) is 0 Å². The topological polar surface area (TPSA) is 40.1 Å². The summed E-state index contributed by atoms with van der Waals surface area (Å²) < 4.78 is 42.3. The fourth-order valence-electron chi connectivity index (χ4n) is 0.118. The van der Waals surface area contributed by atoms with Crippen LogP contribution >= 0.6 is 0 Å². The van der Waals surface area contributed by atoms with E-state index in [0.717, 1.165) is 6.92 Å². The van der Waals surface area contributed by atoms with Crippen molar-refractivity contribution < 1.29 is 17.5 Å². The molecule has 0 spiro atoms. The molecule has 2 nitrogen and oxygen atoms in total. The summed E-state index contributed by atoms with van der Waals surface area (Å²) in [4.78, 5) is 0. The van der Waals surface area contributed by atoms with Crippen LogP contribution in [0.4, 0.5) is 8.78 Å². The molecule has 0 rings (SSSR count). The molecule has 5 heteroatoms. The lowest BCUT2D eigenvalue weighted by Crippen LogP contribution is -2.20. The molecule has 0 amide bonds. The molecule has 0 saturated carbocycles. The van der Waals surface area contributed by atoms with Gasteiger partial charge in [0, 0.05) is 17.5 Å². The third-order valence-corrected chi connectivity index (χ3v) is 1.43. The lowest BCUT2D eigenvalue weighted by molar-refractivity contribution is 0.0849. The van der Waals surface area contributed by atoms with Crippen LogP contribution in [0.3, 0.4) is 0 Å². The first-order chi connectivity index (χ1) is 3.50. The quantitative estimate of drug-likeness (QED) is 0.538. The van der Waals surface area contributed by atoms with Gasteiger partial charge >= 0.3 is 5.25 Å². The zero-order chi connectivity index (χ0) is 6.78. The molecule has 1 unspecified atom stereocenters. The Morgan fingerprint density at radius 2 is 2.12 bits per heavy atom. The summed E-state index contributed by atoms with van der Waals surface area (Å²) in [6, 6.07) is 0. The second-order valence-electron chi connectivity index (χ2n) is 1.23. The van der Waals surface area contributed by atoms with Crippen LogP contribution in [0.15, 0.2) is 0 Å². The van der Waals surface area contributed by atoms with E-state index in [2.05, 4.69) is 0 Å². The molecular formula is C3H5F2O2S-. The van der Waals surface area contributed by atoms with Gasteiger partial charge in [-0.05, 0) is 0 Å². The minimum absolute atomic E-state index is 0.664. The van der Waals surface area contributed by atoms with Crippen LogP contribution < -0.4 is 0 Å². The van der Waals surface area contributed by atoms with Crippen molar-refractivity contribution in [2.75, 3.05) is 0 Å². The normalized spacial score (nSPS) is 16.0. The lowest BCUT2D eigenvalue weighted by Gasteiger charge is -2.15. The Bertz CT molecular complexity index is 103. The molecule has 0 fully saturated rings. The van der Waals surface area contributed by atoms with Crippen molar-refractivity contribution in [3.05, 3.63) is 0 Å². The summed E-state index contributed by atoms with van der Waals surface area (Å²) >= 11 is -3.26. The first-order valence-corrected chi connectivity index (χ1v) is 3.05. The molecule has 0 aromatic carbocycles. The molecule has 0 saturated heterocycles. The minimum Gasteiger partial charge on any atom is -0.768 e. The van der Waals surface area contributed by atoms with E-state index < -0.39 is 22.8 Å². The fourth-order valence-corrected chi connectivity index (χ4v) is 0.354. The molecule has 0 aromatic heterocycles. The summed E-state index contributed by atoms with van der Waals surface area (Å²) in [6.45, 7) is 1.11.